The number of benzene rings is 8. The second kappa shape index (κ2) is 12.7. The fourth-order valence-corrected chi connectivity index (χ4v) is 9.33. The maximum atomic E-state index is 6.89. The Bertz CT molecular complexity index is 3420. The standard InChI is InChI=1S/C53H36N4O/c1-34(55-45-22-10-5-17-39(45)40-18-6-11-23-46(40)55)54-53(57-48-25-13-7-19-41(48)42-20-8-14-26-49(42)57)52-33-37-31-35(28-30-51(37)58-52)36-27-29-50-44(32-36)43-21-9-12-24-47(43)56(50)38-15-3-2-4-16-38/h2-32H,33H2,1H3/b53-52-,54-34?. The second-order valence-electron chi connectivity index (χ2n) is 15.2. The van der Waals surface area contributed by atoms with Crippen molar-refractivity contribution in [3.8, 4) is 22.6 Å². The lowest BCUT2D eigenvalue weighted by atomic mass is 9.99. The largest absolute Gasteiger partial charge is 0.457 e. The Morgan fingerprint density at radius 1 is 0.448 bits per heavy atom. The van der Waals surface area contributed by atoms with E-state index in [2.05, 4.69) is 209 Å². The topological polar surface area (TPSA) is 36.4 Å². The first-order chi connectivity index (χ1) is 28.7. The summed E-state index contributed by atoms with van der Waals surface area (Å²) in [5, 5.41) is 7.26. The lowest BCUT2D eigenvalue weighted by Crippen LogP contribution is -2.11. The van der Waals surface area contributed by atoms with Gasteiger partial charge in [-0.25, -0.2) is 4.99 Å². The highest BCUT2D eigenvalue weighted by Gasteiger charge is 2.26. The van der Waals surface area contributed by atoms with Crippen LogP contribution >= 0.6 is 0 Å². The molecule has 0 N–H and O–H groups in total. The van der Waals surface area contributed by atoms with Gasteiger partial charge in [-0.05, 0) is 84.8 Å². The number of allylic oxidation sites excluding steroid dienone is 1. The molecule has 0 aliphatic carbocycles. The fraction of sp³-hybridized carbons (Fsp3) is 0.0377. The molecule has 4 heterocycles. The number of aromatic nitrogens is 3. The Balaban J connectivity index is 1.03. The maximum Gasteiger partial charge on any atom is 0.178 e. The normalized spacial score (nSPS) is 14.0. The first-order valence-electron chi connectivity index (χ1n) is 19.8. The molecule has 11 aromatic rings. The van der Waals surface area contributed by atoms with Crippen LogP contribution in [0.1, 0.15) is 12.5 Å². The van der Waals surface area contributed by atoms with Gasteiger partial charge in [-0.1, -0.05) is 121 Å². The average Bonchev–Trinajstić information content (AvgIpc) is 4.04. The number of rotatable bonds is 4. The summed E-state index contributed by atoms with van der Waals surface area (Å²) in [6.45, 7) is 2.11. The number of fused-ring (bicyclic) bond motifs is 10. The van der Waals surface area contributed by atoms with Crippen LogP contribution < -0.4 is 4.74 Å². The Labute approximate surface area is 334 Å². The molecule has 58 heavy (non-hydrogen) atoms. The summed E-state index contributed by atoms with van der Waals surface area (Å²) in [5.74, 6) is 3.33. The van der Waals surface area contributed by atoms with Gasteiger partial charge in [0.2, 0.25) is 0 Å². The van der Waals surface area contributed by atoms with E-state index in [4.69, 9.17) is 9.73 Å². The third kappa shape index (κ3) is 4.86. The lowest BCUT2D eigenvalue weighted by molar-refractivity contribution is 0.445. The summed E-state index contributed by atoms with van der Waals surface area (Å²) in [6, 6.07) is 67.1. The molecule has 0 spiro atoms. The Kier molecular flexibility index (Phi) is 7.14. The molecule has 3 aromatic heterocycles. The average molecular weight is 745 g/mol. The van der Waals surface area contributed by atoms with E-state index in [1.807, 2.05) is 0 Å². The summed E-state index contributed by atoms with van der Waals surface area (Å²) < 4.78 is 13.8. The molecule has 0 amide bonds. The minimum absolute atomic E-state index is 0.610. The molecule has 274 valence electrons. The van der Waals surface area contributed by atoms with Crippen molar-refractivity contribution >= 4 is 77.1 Å². The van der Waals surface area contributed by atoms with Gasteiger partial charge < -0.3 is 9.30 Å². The van der Waals surface area contributed by atoms with Crippen molar-refractivity contribution in [2.45, 2.75) is 13.3 Å². The Morgan fingerprint density at radius 3 is 1.52 bits per heavy atom. The fourth-order valence-electron chi connectivity index (χ4n) is 9.33. The zero-order valence-electron chi connectivity index (χ0n) is 31.8. The van der Waals surface area contributed by atoms with Crippen molar-refractivity contribution in [2.75, 3.05) is 0 Å². The van der Waals surface area contributed by atoms with Crippen LogP contribution in [0.2, 0.25) is 0 Å². The van der Waals surface area contributed by atoms with Crippen molar-refractivity contribution in [3.05, 3.63) is 199 Å². The molecule has 12 rings (SSSR count). The van der Waals surface area contributed by atoms with E-state index < -0.39 is 0 Å². The molecule has 8 aromatic carbocycles. The van der Waals surface area contributed by atoms with Crippen LogP contribution in [0.3, 0.4) is 0 Å². The van der Waals surface area contributed by atoms with Gasteiger partial charge in [0.05, 0.1) is 33.1 Å². The molecule has 0 atom stereocenters. The van der Waals surface area contributed by atoms with Crippen molar-refractivity contribution in [1.82, 2.24) is 13.7 Å². The highest BCUT2D eigenvalue weighted by Crippen LogP contribution is 2.41. The molecule has 0 saturated heterocycles. The molecule has 1 aliphatic heterocycles. The van der Waals surface area contributed by atoms with Gasteiger partial charge in [0, 0.05) is 50.0 Å². The van der Waals surface area contributed by atoms with Crippen LogP contribution in [0.5, 0.6) is 5.75 Å². The number of para-hydroxylation sites is 6. The molecular weight excluding hydrogens is 709 g/mol. The van der Waals surface area contributed by atoms with Crippen LogP contribution in [0.4, 0.5) is 0 Å². The van der Waals surface area contributed by atoms with Gasteiger partial charge in [0.1, 0.15) is 11.6 Å². The van der Waals surface area contributed by atoms with E-state index in [9.17, 15) is 0 Å². The third-order valence-electron chi connectivity index (χ3n) is 11.9. The summed E-state index contributed by atoms with van der Waals surface area (Å²) in [6.07, 6.45) is 0.610. The van der Waals surface area contributed by atoms with E-state index >= 15 is 0 Å². The van der Waals surface area contributed by atoms with Gasteiger partial charge in [0.25, 0.3) is 0 Å². The van der Waals surface area contributed by atoms with Crippen LogP contribution in [0.25, 0.3) is 88.1 Å². The first kappa shape index (κ1) is 32.6. The highest BCUT2D eigenvalue weighted by molar-refractivity contribution is 6.15. The summed E-state index contributed by atoms with van der Waals surface area (Å²) in [5.41, 5.74) is 11.5. The second-order valence-corrected chi connectivity index (χ2v) is 15.2. The number of ether oxygens (including phenoxy) is 1. The minimum Gasteiger partial charge on any atom is -0.457 e. The molecule has 0 unspecified atom stereocenters. The highest BCUT2D eigenvalue weighted by atomic mass is 16.5. The predicted molar refractivity (Wildman–Crippen MR) is 241 cm³/mol. The summed E-state index contributed by atoms with van der Waals surface area (Å²) in [7, 11) is 0. The van der Waals surface area contributed by atoms with Crippen molar-refractivity contribution in [1.29, 1.82) is 0 Å². The van der Waals surface area contributed by atoms with Crippen LogP contribution in [0.15, 0.2) is 199 Å². The number of aliphatic imine (C=N–C) groups is 1. The van der Waals surface area contributed by atoms with Gasteiger partial charge in [-0.2, -0.15) is 0 Å². The predicted octanol–water partition coefficient (Wildman–Crippen LogP) is 13.4. The van der Waals surface area contributed by atoms with Crippen LogP contribution in [0, 0.1) is 0 Å². The van der Waals surface area contributed by atoms with Crippen LogP contribution in [-0.2, 0) is 6.42 Å². The lowest BCUT2D eigenvalue weighted by Gasteiger charge is -2.14. The first-order valence-corrected chi connectivity index (χ1v) is 19.8. The summed E-state index contributed by atoms with van der Waals surface area (Å²) in [4.78, 5) is 5.59. The number of hydrogen-bond acceptors (Lipinski definition) is 2. The smallest absolute Gasteiger partial charge is 0.178 e. The van der Waals surface area contributed by atoms with Gasteiger partial charge in [-0.3, -0.25) is 9.13 Å². The molecular formula is C53H36N4O. The number of nitrogens with zero attached hydrogens (tertiary/aromatic N) is 4. The van der Waals surface area contributed by atoms with Crippen LogP contribution in [-0.4, -0.2) is 19.5 Å². The van der Waals surface area contributed by atoms with Gasteiger partial charge in [-0.15, -0.1) is 0 Å². The zero-order chi connectivity index (χ0) is 38.3. The monoisotopic (exact) mass is 744 g/mol. The van der Waals surface area contributed by atoms with E-state index in [1.165, 1.54) is 48.9 Å². The van der Waals surface area contributed by atoms with Crippen molar-refractivity contribution < 1.29 is 4.74 Å². The zero-order valence-corrected chi connectivity index (χ0v) is 31.8. The molecule has 0 radical (unpaired) electrons. The molecule has 0 bridgehead atoms. The van der Waals surface area contributed by atoms with Gasteiger partial charge in [0.15, 0.2) is 11.6 Å². The van der Waals surface area contributed by atoms with Gasteiger partial charge >= 0.3 is 0 Å². The van der Waals surface area contributed by atoms with E-state index in [1.54, 1.807) is 0 Å². The van der Waals surface area contributed by atoms with E-state index in [-0.39, 0.29) is 0 Å². The van der Waals surface area contributed by atoms with Crippen molar-refractivity contribution in [3.63, 3.8) is 0 Å². The quantitative estimate of drug-likeness (QED) is 0.131. The molecule has 0 saturated carbocycles. The maximum absolute atomic E-state index is 6.89. The minimum atomic E-state index is 0.610. The molecule has 5 nitrogen and oxygen atoms in total. The SMILES string of the molecule is CC(=N/C(=C1\Cc2cc(-c3ccc4c(c3)c3ccccc3n4-c3ccccc3)ccc2O1)n1c2ccccc2c2ccccc21)n1c2ccccc2c2ccccc21. The van der Waals surface area contributed by atoms with E-state index in [0.29, 0.717) is 6.42 Å². The molecule has 5 heteroatoms. The van der Waals surface area contributed by atoms with E-state index in [0.717, 1.165) is 62.0 Å². The Morgan fingerprint density at radius 2 is 0.914 bits per heavy atom. The summed E-state index contributed by atoms with van der Waals surface area (Å²) >= 11 is 0. The molecule has 1 aliphatic rings. The van der Waals surface area contributed by atoms with Crippen molar-refractivity contribution in [2.24, 2.45) is 4.99 Å². The third-order valence-corrected chi connectivity index (χ3v) is 11.9. The Hall–Kier alpha value is -7.63. The molecule has 0 fully saturated rings. The number of hydrogen-bond donors (Lipinski definition) is 0.